The second kappa shape index (κ2) is 9.05. The van der Waals surface area contributed by atoms with Gasteiger partial charge in [-0.25, -0.2) is 8.42 Å². The summed E-state index contributed by atoms with van der Waals surface area (Å²) in [5.41, 5.74) is 1.05. The Bertz CT molecular complexity index is 690. The number of amides is 1. The quantitative estimate of drug-likeness (QED) is 0.659. The molecule has 140 valence electrons. The van der Waals surface area contributed by atoms with E-state index in [1.807, 2.05) is 18.2 Å². The van der Waals surface area contributed by atoms with Gasteiger partial charge in [-0.2, -0.15) is 0 Å². The number of methoxy groups -OCH3 is 2. The first-order valence-corrected chi connectivity index (χ1v) is 10.2. The molecule has 1 aromatic rings. The standard InChI is InChI=1S/C17H26N2O5S/c1-23-15-4-3-13(11-16(15)24-2)5-8-19-17(20)6-9-18-14-7-10-25(21,22)12-14/h3-4,11,14,18H,5-10,12H2,1-2H3,(H,19,20). The minimum atomic E-state index is -2.88. The lowest BCUT2D eigenvalue weighted by Gasteiger charge is -2.11. The van der Waals surface area contributed by atoms with Gasteiger partial charge in [0.05, 0.1) is 25.7 Å². The summed E-state index contributed by atoms with van der Waals surface area (Å²) < 4.78 is 33.2. The van der Waals surface area contributed by atoms with Gasteiger partial charge in [0.2, 0.25) is 5.91 Å². The fourth-order valence-electron chi connectivity index (χ4n) is 2.82. The summed E-state index contributed by atoms with van der Waals surface area (Å²) in [6, 6.07) is 5.66. The van der Waals surface area contributed by atoms with Gasteiger partial charge in [-0.05, 0) is 30.5 Å². The van der Waals surface area contributed by atoms with Gasteiger partial charge in [-0.3, -0.25) is 4.79 Å². The van der Waals surface area contributed by atoms with Crippen molar-refractivity contribution in [3.63, 3.8) is 0 Å². The van der Waals surface area contributed by atoms with Crippen LogP contribution in [-0.2, 0) is 21.1 Å². The molecule has 0 aromatic heterocycles. The summed E-state index contributed by atoms with van der Waals surface area (Å²) in [5, 5.41) is 6.00. The van der Waals surface area contributed by atoms with Crippen molar-refractivity contribution < 1.29 is 22.7 Å². The van der Waals surface area contributed by atoms with Crippen molar-refractivity contribution in [1.29, 1.82) is 0 Å². The lowest BCUT2D eigenvalue weighted by atomic mass is 10.1. The number of hydrogen-bond acceptors (Lipinski definition) is 6. The molecule has 1 fully saturated rings. The van der Waals surface area contributed by atoms with Crippen LogP contribution >= 0.6 is 0 Å². The molecule has 0 spiro atoms. The number of hydrogen-bond donors (Lipinski definition) is 2. The Morgan fingerprint density at radius 2 is 1.96 bits per heavy atom. The zero-order valence-electron chi connectivity index (χ0n) is 14.7. The molecule has 1 unspecified atom stereocenters. The van der Waals surface area contributed by atoms with Crippen molar-refractivity contribution in [2.75, 3.05) is 38.8 Å². The van der Waals surface area contributed by atoms with E-state index in [2.05, 4.69) is 10.6 Å². The van der Waals surface area contributed by atoms with Crippen molar-refractivity contribution >= 4 is 15.7 Å². The Morgan fingerprint density at radius 1 is 1.20 bits per heavy atom. The minimum Gasteiger partial charge on any atom is -0.493 e. The number of nitrogens with one attached hydrogen (secondary N) is 2. The van der Waals surface area contributed by atoms with E-state index in [4.69, 9.17) is 9.47 Å². The van der Waals surface area contributed by atoms with Gasteiger partial charge < -0.3 is 20.1 Å². The highest BCUT2D eigenvalue weighted by Gasteiger charge is 2.27. The molecule has 1 saturated heterocycles. The van der Waals surface area contributed by atoms with E-state index in [1.165, 1.54) is 0 Å². The molecule has 2 rings (SSSR count). The van der Waals surface area contributed by atoms with E-state index in [1.54, 1.807) is 14.2 Å². The Hall–Kier alpha value is -1.80. The first-order chi connectivity index (χ1) is 11.9. The Kier molecular flexibility index (Phi) is 7.07. The number of carbonyl (C=O) groups excluding carboxylic acids is 1. The molecule has 1 amide bonds. The zero-order valence-corrected chi connectivity index (χ0v) is 15.5. The molecule has 1 atom stereocenters. The van der Waals surface area contributed by atoms with Gasteiger partial charge >= 0.3 is 0 Å². The maximum absolute atomic E-state index is 11.8. The third kappa shape index (κ3) is 6.21. The van der Waals surface area contributed by atoms with Gasteiger partial charge in [-0.1, -0.05) is 6.07 Å². The maximum atomic E-state index is 11.8. The van der Waals surface area contributed by atoms with Gasteiger partial charge in [0, 0.05) is 25.6 Å². The summed E-state index contributed by atoms with van der Waals surface area (Å²) in [7, 11) is 0.295. The van der Waals surface area contributed by atoms with Crippen LogP contribution in [0.2, 0.25) is 0 Å². The SMILES string of the molecule is COc1ccc(CCNC(=O)CCNC2CCS(=O)(=O)C2)cc1OC. The van der Waals surface area contributed by atoms with E-state index in [-0.39, 0.29) is 23.5 Å². The summed E-state index contributed by atoms with van der Waals surface area (Å²) in [6.07, 6.45) is 1.66. The molecule has 25 heavy (non-hydrogen) atoms. The van der Waals surface area contributed by atoms with Crippen LogP contribution in [0, 0.1) is 0 Å². The van der Waals surface area contributed by atoms with E-state index in [0.717, 1.165) is 5.56 Å². The molecule has 7 nitrogen and oxygen atoms in total. The van der Waals surface area contributed by atoms with E-state index < -0.39 is 9.84 Å². The van der Waals surface area contributed by atoms with Gasteiger partial charge in [-0.15, -0.1) is 0 Å². The van der Waals surface area contributed by atoms with Crippen molar-refractivity contribution in [3.8, 4) is 11.5 Å². The van der Waals surface area contributed by atoms with Crippen LogP contribution in [0.4, 0.5) is 0 Å². The lowest BCUT2D eigenvalue weighted by Crippen LogP contribution is -2.34. The van der Waals surface area contributed by atoms with Crippen LogP contribution < -0.4 is 20.1 Å². The molecular weight excluding hydrogens is 344 g/mol. The Balaban J connectivity index is 1.65. The second-order valence-corrected chi connectivity index (χ2v) is 8.32. The Labute approximate surface area is 149 Å². The van der Waals surface area contributed by atoms with E-state index in [9.17, 15) is 13.2 Å². The van der Waals surface area contributed by atoms with Crippen LogP contribution in [0.5, 0.6) is 11.5 Å². The van der Waals surface area contributed by atoms with Crippen molar-refractivity contribution in [3.05, 3.63) is 23.8 Å². The molecule has 1 aliphatic rings. The van der Waals surface area contributed by atoms with Crippen LogP contribution in [0.15, 0.2) is 18.2 Å². The third-order valence-corrected chi connectivity index (χ3v) is 5.97. The average molecular weight is 370 g/mol. The number of rotatable bonds is 9. The molecule has 1 aliphatic heterocycles. The normalized spacial score (nSPS) is 18.7. The molecule has 8 heteroatoms. The number of benzene rings is 1. The fourth-order valence-corrected chi connectivity index (χ4v) is 4.52. The summed E-state index contributed by atoms with van der Waals surface area (Å²) in [4.78, 5) is 11.8. The minimum absolute atomic E-state index is 0.0236. The monoisotopic (exact) mass is 370 g/mol. The van der Waals surface area contributed by atoms with E-state index >= 15 is 0 Å². The van der Waals surface area contributed by atoms with Crippen LogP contribution in [0.3, 0.4) is 0 Å². The van der Waals surface area contributed by atoms with Crippen molar-refractivity contribution in [2.45, 2.75) is 25.3 Å². The van der Waals surface area contributed by atoms with Crippen LogP contribution in [-0.4, -0.2) is 59.2 Å². The van der Waals surface area contributed by atoms with E-state index in [0.29, 0.717) is 43.9 Å². The average Bonchev–Trinajstić information content (AvgIpc) is 2.93. The molecule has 0 bridgehead atoms. The first kappa shape index (κ1) is 19.5. The highest BCUT2D eigenvalue weighted by Crippen LogP contribution is 2.27. The molecule has 0 radical (unpaired) electrons. The second-order valence-electron chi connectivity index (χ2n) is 6.09. The topological polar surface area (TPSA) is 93.7 Å². The molecule has 0 aliphatic carbocycles. The number of carbonyl (C=O) groups is 1. The molecule has 2 N–H and O–H groups in total. The largest absolute Gasteiger partial charge is 0.493 e. The van der Waals surface area contributed by atoms with Gasteiger partial charge in [0.1, 0.15) is 0 Å². The summed E-state index contributed by atoms with van der Waals surface area (Å²) >= 11 is 0. The van der Waals surface area contributed by atoms with Gasteiger partial charge in [0.25, 0.3) is 0 Å². The van der Waals surface area contributed by atoms with Crippen molar-refractivity contribution in [2.24, 2.45) is 0 Å². The highest BCUT2D eigenvalue weighted by atomic mass is 32.2. The summed E-state index contributed by atoms with van der Waals surface area (Å²) in [5.74, 6) is 1.71. The smallest absolute Gasteiger partial charge is 0.221 e. The first-order valence-electron chi connectivity index (χ1n) is 8.35. The summed E-state index contributed by atoms with van der Waals surface area (Å²) in [6.45, 7) is 1.02. The lowest BCUT2D eigenvalue weighted by molar-refractivity contribution is -0.120. The molecular formula is C17H26N2O5S. The van der Waals surface area contributed by atoms with Crippen LogP contribution in [0.1, 0.15) is 18.4 Å². The molecule has 1 heterocycles. The van der Waals surface area contributed by atoms with Gasteiger partial charge in [0.15, 0.2) is 21.3 Å². The fraction of sp³-hybridized carbons (Fsp3) is 0.588. The molecule has 1 aromatic carbocycles. The highest BCUT2D eigenvalue weighted by molar-refractivity contribution is 7.91. The molecule has 0 saturated carbocycles. The third-order valence-electron chi connectivity index (χ3n) is 4.20. The maximum Gasteiger partial charge on any atom is 0.221 e. The number of sulfone groups is 1. The van der Waals surface area contributed by atoms with Crippen molar-refractivity contribution in [1.82, 2.24) is 10.6 Å². The zero-order chi connectivity index (χ0) is 18.3. The Morgan fingerprint density at radius 3 is 2.60 bits per heavy atom. The predicted molar refractivity (Wildman–Crippen MR) is 95.9 cm³/mol. The number of ether oxygens (including phenoxy) is 2. The van der Waals surface area contributed by atoms with Crippen LogP contribution in [0.25, 0.3) is 0 Å². The predicted octanol–water partition coefficient (Wildman–Crippen LogP) is 0.529.